The first-order valence-electron chi connectivity index (χ1n) is 5.14. The molecule has 1 atom stereocenters. The minimum Gasteiger partial charge on any atom is -0.409 e. The van der Waals surface area contributed by atoms with Gasteiger partial charge in [0, 0.05) is 0 Å². The first-order valence-corrected chi connectivity index (χ1v) is 5.14. The molecule has 4 N–H and O–H groups in total. The van der Waals surface area contributed by atoms with Gasteiger partial charge in [0.15, 0.2) is 5.84 Å². The van der Waals surface area contributed by atoms with Gasteiger partial charge < -0.3 is 16.3 Å². The number of halogens is 2. The van der Waals surface area contributed by atoms with E-state index >= 15 is 0 Å². The Kier molecular flexibility index (Phi) is 5.04. The lowest BCUT2D eigenvalue weighted by Gasteiger charge is -2.15. The van der Waals surface area contributed by atoms with Gasteiger partial charge in [0.1, 0.15) is 5.92 Å². The molecule has 0 aliphatic carbocycles. The second-order valence-electron chi connectivity index (χ2n) is 3.50. The van der Waals surface area contributed by atoms with Gasteiger partial charge in [-0.15, -0.1) is 0 Å². The van der Waals surface area contributed by atoms with Gasteiger partial charge >= 0.3 is 0 Å². The topological polar surface area (TPSA) is 87.7 Å². The van der Waals surface area contributed by atoms with E-state index in [4.69, 9.17) is 10.9 Å². The smallest absolute Gasteiger partial charge is 0.255 e. The summed E-state index contributed by atoms with van der Waals surface area (Å²) in [6.07, 6.45) is -2.65. The molecular formula is C11H13F2N3O2. The molecule has 1 aromatic rings. The largest absolute Gasteiger partial charge is 0.409 e. The number of amidine groups is 1. The van der Waals surface area contributed by atoms with E-state index in [0.717, 1.165) is 0 Å². The maximum atomic E-state index is 12.0. The average molecular weight is 257 g/mol. The van der Waals surface area contributed by atoms with E-state index in [0.29, 0.717) is 5.56 Å². The normalized spacial score (nSPS) is 13.4. The maximum absolute atomic E-state index is 12.0. The Hall–Kier alpha value is -2.18. The van der Waals surface area contributed by atoms with Crippen molar-refractivity contribution in [3.8, 4) is 0 Å². The molecule has 5 nitrogen and oxygen atoms in total. The number of rotatable bonds is 5. The lowest BCUT2D eigenvalue weighted by molar-refractivity contribution is -0.121. The third-order valence-corrected chi connectivity index (χ3v) is 2.24. The van der Waals surface area contributed by atoms with Crippen molar-refractivity contribution in [2.75, 3.05) is 6.54 Å². The van der Waals surface area contributed by atoms with E-state index in [1.807, 2.05) is 5.32 Å². The summed E-state index contributed by atoms with van der Waals surface area (Å²) in [7, 11) is 0. The molecule has 0 heterocycles. The standard InChI is InChI=1S/C11H13F2N3O2/c12-8(13)6-15-11(17)9(10(14)16-18)7-4-2-1-3-5-7/h1-5,8-9,18H,6H2,(H2,14,16)(H,15,17). The number of alkyl halides is 2. The molecule has 0 aromatic heterocycles. The fraction of sp³-hybridized carbons (Fsp3) is 0.273. The number of nitrogens with two attached hydrogens (primary N) is 1. The van der Waals surface area contributed by atoms with Crippen molar-refractivity contribution in [2.45, 2.75) is 12.3 Å². The number of carbonyl (C=O) groups is 1. The zero-order chi connectivity index (χ0) is 13.5. The van der Waals surface area contributed by atoms with Gasteiger partial charge in [0.05, 0.1) is 6.54 Å². The van der Waals surface area contributed by atoms with Gasteiger partial charge in [0.25, 0.3) is 6.43 Å². The van der Waals surface area contributed by atoms with Crippen molar-refractivity contribution in [3.05, 3.63) is 35.9 Å². The number of hydrogen-bond acceptors (Lipinski definition) is 3. The minimum absolute atomic E-state index is 0.354. The molecule has 1 unspecified atom stereocenters. The van der Waals surface area contributed by atoms with Crippen molar-refractivity contribution in [1.29, 1.82) is 0 Å². The molecule has 0 bridgehead atoms. The Morgan fingerprint density at radius 1 is 1.39 bits per heavy atom. The Balaban J connectivity index is 2.90. The monoisotopic (exact) mass is 257 g/mol. The lowest BCUT2D eigenvalue weighted by atomic mass is 9.97. The van der Waals surface area contributed by atoms with E-state index in [2.05, 4.69) is 5.16 Å². The first kappa shape index (κ1) is 13.9. The lowest BCUT2D eigenvalue weighted by Crippen LogP contribution is -2.39. The van der Waals surface area contributed by atoms with Crippen LogP contribution >= 0.6 is 0 Å². The van der Waals surface area contributed by atoms with E-state index in [9.17, 15) is 13.6 Å². The van der Waals surface area contributed by atoms with Crippen LogP contribution < -0.4 is 11.1 Å². The van der Waals surface area contributed by atoms with Crippen molar-refractivity contribution < 1.29 is 18.8 Å². The highest BCUT2D eigenvalue weighted by Gasteiger charge is 2.25. The molecule has 18 heavy (non-hydrogen) atoms. The number of hydrogen-bond donors (Lipinski definition) is 3. The van der Waals surface area contributed by atoms with E-state index < -0.39 is 24.8 Å². The van der Waals surface area contributed by atoms with Crippen molar-refractivity contribution >= 4 is 11.7 Å². The fourth-order valence-corrected chi connectivity index (χ4v) is 1.44. The van der Waals surface area contributed by atoms with Crippen LogP contribution in [0.4, 0.5) is 8.78 Å². The van der Waals surface area contributed by atoms with Crippen LogP contribution in [0.5, 0.6) is 0 Å². The third-order valence-electron chi connectivity index (χ3n) is 2.24. The molecule has 0 fully saturated rings. The number of nitrogens with zero attached hydrogens (tertiary/aromatic N) is 1. The van der Waals surface area contributed by atoms with Crippen LogP contribution in [0, 0.1) is 0 Å². The van der Waals surface area contributed by atoms with Crippen LogP contribution in [0.2, 0.25) is 0 Å². The van der Waals surface area contributed by atoms with Gasteiger partial charge in [-0.1, -0.05) is 35.5 Å². The van der Waals surface area contributed by atoms with Crippen molar-refractivity contribution in [1.82, 2.24) is 5.32 Å². The highest BCUT2D eigenvalue weighted by molar-refractivity contribution is 6.07. The van der Waals surface area contributed by atoms with Gasteiger partial charge in [-0.05, 0) is 5.56 Å². The van der Waals surface area contributed by atoms with Crippen LogP contribution in [-0.2, 0) is 4.79 Å². The summed E-state index contributed by atoms with van der Waals surface area (Å²) in [5, 5.41) is 13.4. The minimum atomic E-state index is -2.65. The van der Waals surface area contributed by atoms with E-state index in [1.165, 1.54) is 0 Å². The second-order valence-corrected chi connectivity index (χ2v) is 3.50. The Labute approximate surface area is 102 Å². The van der Waals surface area contributed by atoms with Crippen LogP contribution in [0.1, 0.15) is 11.5 Å². The molecule has 1 rings (SSSR count). The summed E-state index contributed by atoms with van der Waals surface area (Å²) >= 11 is 0. The molecule has 0 aliphatic rings. The molecule has 0 saturated carbocycles. The van der Waals surface area contributed by atoms with Gasteiger partial charge in [-0.25, -0.2) is 8.78 Å². The predicted molar refractivity (Wildman–Crippen MR) is 61.6 cm³/mol. The molecular weight excluding hydrogens is 244 g/mol. The summed E-state index contributed by atoms with van der Waals surface area (Å²) in [5.74, 6) is -2.18. The maximum Gasteiger partial charge on any atom is 0.255 e. The number of amides is 1. The summed E-state index contributed by atoms with van der Waals surface area (Å²) < 4.78 is 24.0. The number of oxime groups is 1. The van der Waals surface area contributed by atoms with Crippen molar-refractivity contribution in [2.24, 2.45) is 10.9 Å². The predicted octanol–water partition coefficient (Wildman–Crippen LogP) is 0.898. The molecule has 0 aliphatic heterocycles. The zero-order valence-electron chi connectivity index (χ0n) is 9.38. The van der Waals surface area contributed by atoms with Crippen LogP contribution in [0.25, 0.3) is 0 Å². The third kappa shape index (κ3) is 3.69. The average Bonchev–Trinajstić information content (AvgIpc) is 2.37. The molecule has 7 heteroatoms. The molecule has 0 spiro atoms. The Bertz CT molecular complexity index is 424. The number of carbonyl (C=O) groups excluding carboxylic acids is 1. The summed E-state index contributed by atoms with van der Waals surface area (Å²) in [6.45, 7) is -0.777. The molecule has 1 aromatic carbocycles. The van der Waals surface area contributed by atoms with Crippen LogP contribution in [0.3, 0.4) is 0 Å². The molecule has 0 radical (unpaired) electrons. The van der Waals surface area contributed by atoms with Gasteiger partial charge in [-0.3, -0.25) is 4.79 Å². The number of benzene rings is 1. The van der Waals surface area contributed by atoms with Gasteiger partial charge in [-0.2, -0.15) is 0 Å². The summed E-state index contributed by atoms with van der Waals surface area (Å²) in [4.78, 5) is 11.7. The van der Waals surface area contributed by atoms with E-state index in [1.54, 1.807) is 30.3 Å². The Morgan fingerprint density at radius 2 is 2.00 bits per heavy atom. The van der Waals surface area contributed by atoms with Gasteiger partial charge in [0.2, 0.25) is 5.91 Å². The van der Waals surface area contributed by atoms with E-state index in [-0.39, 0.29) is 5.84 Å². The van der Waals surface area contributed by atoms with Crippen molar-refractivity contribution in [3.63, 3.8) is 0 Å². The molecule has 1 amide bonds. The highest BCUT2D eigenvalue weighted by atomic mass is 19.3. The zero-order valence-corrected chi connectivity index (χ0v) is 9.38. The fourth-order valence-electron chi connectivity index (χ4n) is 1.44. The summed E-state index contributed by atoms with van der Waals surface area (Å²) in [5.41, 5.74) is 5.87. The number of nitrogens with one attached hydrogen (secondary N) is 1. The van der Waals surface area contributed by atoms with Crippen LogP contribution in [0.15, 0.2) is 35.5 Å². The quantitative estimate of drug-likeness (QED) is 0.317. The second kappa shape index (κ2) is 6.53. The molecule has 0 saturated heterocycles. The SMILES string of the molecule is N/C(=N/O)C(C(=O)NCC(F)F)c1ccccc1. The Morgan fingerprint density at radius 3 is 2.50 bits per heavy atom. The molecule has 98 valence electrons. The highest BCUT2D eigenvalue weighted by Crippen LogP contribution is 2.16. The van der Waals surface area contributed by atoms with Crippen LogP contribution in [-0.4, -0.2) is 29.9 Å². The summed E-state index contributed by atoms with van der Waals surface area (Å²) in [6, 6.07) is 8.22. The first-order chi connectivity index (χ1) is 8.56.